The van der Waals surface area contributed by atoms with E-state index in [0.29, 0.717) is 5.69 Å². The summed E-state index contributed by atoms with van der Waals surface area (Å²) in [5, 5.41) is 0.246. The number of nitrogens with zero attached hydrogens (tertiary/aromatic N) is 1. The van der Waals surface area contributed by atoms with Gasteiger partial charge in [0.2, 0.25) is 0 Å². The minimum Gasteiger partial charge on any atom is -0.318 e. The number of carbonyl (C=O) groups is 2. The number of benzene rings is 1. The molecule has 0 spiro atoms. The van der Waals surface area contributed by atoms with Crippen molar-refractivity contribution in [1.29, 1.82) is 0 Å². The van der Waals surface area contributed by atoms with E-state index in [1.807, 2.05) is 47.6 Å². The molecule has 3 aliphatic rings. The molecule has 5 nitrogen and oxygen atoms in total. The molecular formula is C24H33NO4P2. The van der Waals surface area contributed by atoms with Gasteiger partial charge < -0.3 is 9.13 Å². The minimum absolute atomic E-state index is 0.123. The highest BCUT2D eigenvalue weighted by atomic mass is 31.2. The second-order valence-electron chi connectivity index (χ2n) is 9.96. The first-order valence-electron chi connectivity index (χ1n) is 11.3. The monoisotopic (exact) mass is 461 g/mol. The van der Waals surface area contributed by atoms with Gasteiger partial charge in [-0.05, 0) is 62.8 Å². The predicted molar refractivity (Wildman–Crippen MR) is 127 cm³/mol. The lowest BCUT2D eigenvalue weighted by atomic mass is 10.1. The summed E-state index contributed by atoms with van der Waals surface area (Å²) in [4.78, 5) is 29.0. The molecular weight excluding hydrogens is 428 g/mol. The number of hydrogen-bond donors (Lipinski definition) is 0. The van der Waals surface area contributed by atoms with Crippen molar-refractivity contribution in [3.63, 3.8) is 0 Å². The van der Waals surface area contributed by atoms with Crippen LogP contribution in [-0.4, -0.2) is 34.5 Å². The zero-order valence-corrected chi connectivity index (χ0v) is 21.1. The zero-order chi connectivity index (χ0) is 22.9. The van der Waals surface area contributed by atoms with Crippen molar-refractivity contribution >= 4 is 31.8 Å². The van der Waals surface area contributed by atoms with E-state index in [9.17, 15) is 18.7 Å². The molecule has 0 saturated carbocycles. The lowest BCUT2D eigenvalue weighted by Crippen LogP contribution is -2.32. The number of carbonyl (C=O) groups excluding carboxylic acids is 2. The summed E-state index contributed by atoms with van der Waals surface area (Å²) in [7, 11) is -6.37. The van der Waals surface area contributed by atoms with Crippen molar-refractivity contribution in [3.05, 3.63) is 40.0 Å². The highest BCUT2D eigenvalue weighted by Crippen LogP contribution is 2.77. The van der Waals surface area contributed by atoms with Crippen LogP contribution in [-0.2, 0) is 18.7 Å². The van der Waals surface area contributed by atoms with Crippen molar-refractivity contribution in [3.8, 4) is 0 Å². The predicted octanol–water partition coefficient (Wildman–Crippen LogP) is 6.26. The maximum Gasteiger partial charge on any atom is 0.269 e. The second-order valence-corrected chi connectivity index (χ2v) is 17.2. The van der Waals surface area contributed by atoms with Crippen molar-refractivity contribution in [2.24, 2.45) is 0 Å². The van der Waals surface area contributed by atoms with Gasteiger partial charge >= 0.3 is 0 Å². The second kappa shape index (κ2) is 7.56. The summed E-state index contributed by atoms with van der Waals surface area (Å²) in [5.41, 5.74) is 1.65. The van der Waals surface area contributed by atoms with E-state index in [1.165, 1.54) is 4.90 Å². The Morgan fingerprint density at radius 1 is 0.677 bits per heavy atom. The Hall–Kier alpha value is -1.44. The molecule has 0 aliphatic carbocycles. The molecule has 7 heteroatoms. The molecule has 0 aromatic heterocycles. The third-order valence-corrected chi connectivity index (χ3v) is 16.5. The van der Waals surface area contributed by atoms with E-state index in [1.54, 1.807) is 12.1 Å². The fourth-order valence-electron chi connectivity index (χ4n) is 5.93. The largest absolute Gasteiger partial charge is 0.318 e. The molecule has 3 aliphatic heterocycles. The Morgan fingerprint density at radius 2 is 1.00 bits per heavy atom. The number of anilines is 1. The number of imide groups is 1. The van der Waals surface area contributed by atoms with Crippen LogP contribution in [0.4, 0.5) is 5.69 Å². The number of aryl methyl sites for hydroxylation is 2. The van der Waals surface area contributed by atoms with E-state index >= 15 is 0 Å². The van der Waals surface area contributed by atoms with Crippen LogP contribution in [0.2, 0.25) is 0 Å². The number of amides is 2. The Morgan fingerprint density at radius 3 is 1.32 bits per heavy atom. The molecule has 168 valence electrons. The third-order valence-electron chi connectivity index (χ3n) is 7.82. The van der Waals surface area contributed by atoms with Crippen molar-refractivity contribution in [2.45, 2.75) is 89.9 Å². The van der Waals surface area contributed by atoms with Gasteiger partial charge in [0, 0.05) is 22.6 Å². The zero-order valence-electron chi connectivity index (χ0n) is 19.3. The highest BCUT2D eigenvalue weighted by Gasteiger charge is 2.60. The topological polar surface area (TPSA) is 71.5 Å². The molecule has 4 atom stereocenters. The Balaban J connectivity index is 1.99. The molecule has 31 heavy (non-hydrogen) atoms. The van der Waals surface area contributed by atoms with Crippen LogP contribution in [0.3, 0.4) is 0 Å². The summed E-state index contributed by atoms with van der Waals surface area (Å²) in [6, 6.07) is 5.59. The third kappa shape index (κ3) is 3.10. The van der Waals surface area contributed by atoms with Crippen molar-refractivity contribution < 1.29 is 18.7 Å². The summed E-state index contributed by atoms with van der Waals surface area (Å²) < 4.78 is 29.0. The Bertz CT molecular complexity index is 997. The van der Waals surface area contributed by atoms with Crippen LogP contribution >= 0.6 is 14.3 Å². The van der Waals surface area contributed by atoms with Crippen molar-refractivity contribution in [1.82, 2.24) is 0 Å². The quantitative estimate of drug-likeness (QED) is 0.394. The maximum atomic E-state index is 14.5. The van der Waals surface area contributed by atoms with E-state index in [0.717, 1.165) is 36.8 Å². The van der Waals surface area contributed by atoms with Gasteiger partial charge in [-0.2, -0.15) is 0 Å². The van der Waals surface area contributed by atoms with Gasteiger partial charge in [-0.3, -0.25) is 9.59 Å². The standard InChI is InChI=1S/C24H33NO4P2/c1-14-11-15(2)13-20(12-14)25-23(26)21(30(28)16(3)7-8-17(30)4)22(24(25)27)31(29)18(5)9-10-19(31)6/h11-13,16-19H,7-10H2,1-6H3. The van der Waals surface area contributed by atoms with Crippen LogP contribution in [0.5, 0.6) is 0 Å². The van der Waals surface area contributed by atoms with Crippen LogP contribution < -0.4 is 4.90 Å². The maximum absolute atomic E-state index is 14.5. The molecule has 0 radical (unpaired) electrons. The average molecular weight is 461 g/mol. The first kappa shape index (κ1) is 22.7. The summed E-state index contributed by atoms with van der Waals surface area (Å²) >= 11 is 0. The molecule has 1 aromatic carbocycles. The van der Waals surface area contributed by atoms with Gasteiger partial charge in [-0.25, -0.2) is 4.90 Å². The first-order valence-corrected chi connectivity index (χ1v) is 15.0. The molecule has 2 fully saturated rings. The van der Waals surface area contributed by atoms with Crippen LogP contribution in [0.1, 0.15) is 64.5 Å². The van der Waals surface area contributed by atoms with E-state index in [2.05, 4.69) is 0 Å². The van der Waals surface area contributed by atoms with Gasteiger partial charge in [0.15, 0.2) is 0 Å². The lowest BCUT2D eigenvalue weighted by Gasteiger charge is -2.27. The molecule has 2 amide bonds. The summed E-state index contributed by atoms with van der Waals surface area (Å²) in [6.45, 7) is 11.5. The molecule has 0 bridgehead atoms. The van der Waals surface area contributed by atoms with Gasteiger partial charge in [0.1, 0.15) is 14.3 Å². The SMILES string of the molecule is Cc1cc(C)cc(N2C(=O)C(P3(=O)C(C)CCC3C)=C(P3(=O)C(C)CCC3C)C2=O)c1. The van der Waals surface area contributed by atoms with E-state index in [-0.39, 0.29) is 33.3 Å². The fourth-order valence-corrected chi connectivity index (χ4v) is 14.2. The van der Waals surface area contributed by atoms with Gasteiger partial charge in [-0.1, -0.05) is 33.8 Å². The summed E-state index contributed by atoms with van der Waals surface area (Å²) in [6.07, 6.45) is 3.04. The molecule has 4 rings (SSSR count). The van der Waals surface area contributed by atoms with Crippen LogP contribution in [0.25, 0.3) is 0 Å². The Labute approximate surface area is 185 Å². The number of rotatable bonds is 3. The summed E-state index contributed by atoms with van der Waals surface area (Å²) in [5.74, 6) is -1.01. The van der Waals surface area contributed by atoms with Gasteiger partial charge in [0.05, 0.1) is 16.3 Å². The fraction of sp³-hybridized carbons (Fsp3) is 0.583. The smallest absolute Gasteiger partial charge is 0.269 e. The molecule has 2 saturated heterocycles. The van der Waals surface area contributed by atoms with Crippen molar-refractivity contribution in [2.75, 3.05) is 4.90 Å². The molecule has 0 N–H and O–H groups in total. The van der Waals surface area contributed by atoms with Crippen LogP contribution in [0.15, 0.2) is 28.8 Å². The molecule has 1 aromatic rings. The minimum atomic E-state index is -3.18. The van der Waals surface area contributed by atoms with E-state index in [4.69, 9.17) is 0 Å². The van der Waals surface area contributed by atoms with Gasteiger partial charge in [-0.15, -0.1) is 0 Å². The molecule has 4 unspecified atom stereocenters. The van der Waals surface area contributed by atoms with Gasteiger partial charge in [0.25, 0.3) is 11.8 Å². The van der Waals surface area contributed by atoms with Crippen LogP contribution in [0, 0.1) is 13.8 Å². The normalized spacial score (nSPS) is 38.6. The number of hydrogen-bond acceptors (Lipinski definition) is 4. The highest BCUT2D eigenvalue weighted by molar-refractivity contribution is 7.76. The van der Waals surface area contributed by atoms with E-state index < -0.39 is 26.1 Å². The Kier molecular flexibility index (Phi) is 5.55. The average Bonchev–Trinajstić information content (AvgIpc) is 3.22. The molecule has 3 heterocycles. The first-order chi connectivity index (χ1) is 14.4. The lowest BCUT2D eigenvalue weighted by molar-refractivity contribution is -0.120.